The van der Waals surface area contributed by atoms with Gasteiger partial charge < -0.3 is 4.90 Å². The average molecular weight is 181 g/mol. The number of nitrogens with zero attached hydrogens (tertiary/aromatic N) is 1. The molecule has 3 aliphatic rings. The Labute approximate surface area is 80.3 Å². The molecule has 3 aliphatic heterocycles. The number of rotatable bonds is 2. The van der Waals surface area contributed by atoms with Crippen molar-refractivity contribution in [2.45, 2.75) is 26.7 Å². The number of hydrogen-bond acceptors (Lipinski definition) is 2. The zero-order valence-corrected chi connectivity index (χ0v) is 8.62. The number of Topliss-reactive ketones (excluding diaryl/α,β-unsaturated/α-hetero) is 1. The van der Waals surface area contributed by atoms with Gasteiger partial charge in [-0.2, -0.15) is 0 Å². The number of hydrogen-bond donors (Lipinski definition) is 0. The molecule has 0 spiro atoms. The summed E-state index contributed by atoms with van der Waals surface area (Å²) in [7, 11) is 0. The van der Waals surface area contributed by atoms with E-state index in [2.05, 4.69) is 4.90 Å². The van der Waals surface area contributed by atoms with E-state index in [4.69, 9.17) is 0 Å². The molecule has 0 saturated carbocycles. The maximum absolute atomic E-state index is 11.9. The first kappa shape index (κ1) is 9.20. The highest BCUT2D eigenvalue weighted by Crippen LogP contribution is 2.33. The Morgan fingerprint density at radius 2 is 1.92 bits per heavy atom. The van der Waals surface area contributed by atoms with Gasteiger partial charge >= 0.3 is 0 Å². The molecule has 0 aliphatic carbocycles. The lowest BCUT2D eigenvalue weighted by Crippen LogP contribution is -2.50. The number of carbonyl (C=O) groups excluding carboxylic acids is 1. The molecular weight excluding hydrogens is 162 g/mol. The Bertz CT molecular complexity index is 204. The second kappa shape index (κ2) is 3.41. The molecule has 0 amide bonds. The molecule has 2 bridgehead atoms. The van der Waals surface area contributed by atoms with Gasteiger partial charge in [0.15, 0.2) is 0 Å². The fraction of sp³-hybridized carbons (Fsp3) is 0.909. The maximum Gasteiger partial charge on any atom is 0.140 e. The van der Waals surface area contributed by atoms with Crippen molar-refractivity contribution in [2.75, 3.05) is 19.6 Å². The van der Waals surface area contributed by atoms with Crippen molar-refractivity contribution in [3.05, 3.63) is 0 Å². The number of piperidine rings is 3. The zero-order valence-electron chi connectivity index (χ0n) is 8.62. The van der Waals surface area contributed by atoms with E-state index in [1.807, 2.05) is 13.8 Å². The third-order valence-corrected chi connectivity index (χ3v) is 3.59. The molecule has 3 saturated heterocycles. The van der Waals surface area contributed by atoms with Crippen LogP contribution in [0.3, 0.4) is 0 Å². The van der Waals surface area contributed by atoms with E-state index >= 15 is 0 Å². The molecule has 13 heavy (non-hydrogen) atoms. The molecule has 3 fully saturated rings. The summed E-state index contributed by atoms with van der Waals surface area (Å²) in [5.74, 6) is 1.79. The maximum atomic E-state index is 11.9. The molecule has 3 heterocycles. The van der Waals surface area contributed by atoms with E-state index in [9.17, 15) is 4.79 Å². The molecule has 0 N–H and O–H groups in total. The summed E-state index contributed by atoms with van der Waals surface area (Å²) in [5.41, 5.74) is 0. The van der Waals surface area contributed by atoms with Crippen LogP contribution in [-0.4, -0.2) is 30.3 Å². The molecule has 2 nitrogen and oxygen atoms in total. The number of fused-ring (bicyclic) bond motifs is 3. The molecule has 0 unspecified atom stereocenters. The Kier molecular flexibility index (Phi) is 2.41. The first-order valence-electron chi connectivity index (χ1n) is 5.44. The van der Waals surface area contributed by atoms with Gasteiger partial charge in [0.1, 0.15) is 5.78 Å². The predicted molar refractivity (Wildman–Crippen MR) is 52.5 cm³/mol. The van der Waals surface area contributed by atoms with Crippen LogP contribution in [0.1, 0.15) is 26.7 Å². The highest BCUT2D eigenvalue weighted by Gasteiger charge is 2.38. The first-order valence-corrected chi connectivity index (χ1v) is 5.44. The molecule has 1 atom stereocenters. The second-order valence-electron chi connectivity index (χ2n) is 4.80. The van der Waals surface area contributed by atoms with Gasteiger partial charge in [-0.3, -0.25) is 4.79 Å². The minimum Gasteiger partial charge on any atom is -0.303 e. The van der Waals surface area contributed by atoms with Gasteiger partial charge in [0.25, 0.3) is 0 Å². The quantitative estimate of drug-likeness (QED) is 0.644. The molecule has 0 radical (unpaired) electrons. The van der Waals surface area contributed by atoms with Crippen molar-refractivity contribution in [3.63, 3.8) is 0 Å². The van der Waals surface area contributed by atoms with E-state index < -0.39 is 0 Å². The topological polar surface area (TPSA) is 20.3 Å². The van der Waals surface area contributed by atoms with Crippen LogP contribution in [-0.2, 0) is 4.79 Å². The lowest BCUT2D eigenvalue weighted by atomic mass is 9.75. The molecule has 74 valence electrons. The zero-order chi connectivity index (χ0) is 9.42. The van der Waals surface area contributed by atoms with Crippen LogP contribution in [0, 0.1) is 17.8 Å². The van der Waals surface area contributed by atoms with Crippen molar-refractivity contribution in [2.24, 2.45) is 17.8 Å². The molecule has 0 aromatic rings. The Morgan fingerprint density at radius 1 is 1.31 bits per heavy atom. The number of ketones is 1. The minimum atomic E-state index is 0.227. The second-order valence-corrected chi connectivity index (χ2v) is 4.80. The summed E-state index contributed by atoms with van der Waals surface area (Å²) in [6.45, 7) is 7.56. The van der Waals surface area contributed by atoms with Crippen LogP contribution >= 0.6 is 0 Å². The van der Waals surface area contributed by atoms with E-state index in [-0.39, 0.29) is 5.92 Å². The fourth-order valence-corrected chi connectivity index (χ4v) is 2.72. The van der Waals surface area contributed by atoms with E-state index in [1.165, 1.54) is 25.9 Å². The van der Waals surface area contributed by atoms with Gasteiger partial charge in [0.05, 0.1) is 0 Å². The van der Waals surface area contributed by atoms with Gasteiger partial charge in [-0.25, -0.2) is 0 Å². The van der Waals surface area contributed by atoms with Crippen molar-refractivity contribution in [1.82, 2.24) is 4.90 Å². The standard InChI is InChI=1S/C11H19NO/c1-8(2)11(13)10-7-12-5-3-9(10)4-6-12/h8-10H,3-7H2,1-2H3/t10-/m0/s1. The lowest BCUT2D eigenvalue weighted by molar-refractivity contribution is -0.131. The summed E-state index contributed by atoms with van der Waals surface area (Å²) in [5, 5.41) is 0. The molecule has 0 aromatic carbocycles. The molecular formula is C11H19NO. The lowest BCUT2D eigenvalue weighted by Gasteiger charge is -2.44. The largest absolute Gasteiger partial charge is 0.303 e. The predicted octanol–water partition coefficient (Wildman–Crippen LogP) is 1.55. The summed E-state index contributed by atoms with van der Waals surface area (Å²) < 4.78 is 0. The summed E-state index contributed by atoms with van der Waals surface area (Å²) in [6, 6.07) is 0. The van der Waals surface area contributed by atoms with Gasteiger partial charge in [0.2, 0.25) is 0 Å². The van der Waals surface area contributed by atoms with Crippen molar-refractivity contribution in [1.29, 1.82) is 0 Å². The summed E-state index contributed by atoms with van der Waals surface area (Å²) >= 11 is 0. The van der Waals surface area contributed by atoms with E-state index in [0.29, 0.717) is 17.6 Å². The van der Waals surface area contributed by atoms with Crippen LogP contribution in [0.2, 0.25) is 0 Å². The van der Waals surface area contributed by atoms with Crippen molar-refractivity contribution >= 4 is 5.78 Å². The van der Waals surface area contributed by atoms with Crippen molar-refractivity contribution in [3.8, 4) is 0 Å². The van der Waals surface area contributed by atoms with Crippen LogP contribution in [0.4, 0.5) is 0 Å². The summed E-state index contributed by atoms with van der Waals surface area (Å²) in [4.78, 5) is 14.3. The molecule has 0 aromatic heterocycles. The van der Waals surface area contributed by atoms with Gasteiger partial charge in [0, 0.05) is 18.4 Å². The third-order valence-electron chi connectivity index (χ3n) is 3.59. The normalized spacial score (nSPS) is 38.2. The first-order chi connectivity index (χ1) is 6.18. The summed E-state index contributed by atoms with van der Waals surface area (Å²) in [6.07, 6.45) is 2.51. The molecule has 3 rings (SSSR count). The molecule has 2 heteroatoms. The average Bonchev–Trinajstić information content (AvgIpc) is 2.18. The highest BCUT2D eigenvalue weighted by molar-refractivity contribution is 5.83. The smallest absolute Gasteiger partial charge is 0.140 e. The van der Waals surface area contributed by atoms with Crippen LogP contribution in [0.25, 0.3) is 0 Å². The number of carbonyl (C=O) groups is 1. The highest BCUT2D eigenvalue weighted by atomic mass is 16.1. The fourth-order valence-electron chi connectivity index (χ4n) is 2.72. The Hall–Kier alpha value is -0.370. The van der Waals surface area contributed by atoms with Gasteiger partial charge in [-0.15, -0.1) is 0 Å². The minimum absolute atomic E-state index is 0.227. The van der Waals surface area contributed by atoms with Crippen LogP contribution < -0.4 is 0 Å². The van der Waals surface area contributed by atoms with Gasteiger partial charge in [-0.05, 0) is 31.8 Å². The SMILES string of the molecule is CC(C)C(=O)[C@H]1CN2CCC1CC2. The van der Waals surface area contributed by atoms with Crippen LogP contribution in [0.5, 0.6) is 0 Å². The monoisotopic (exact) mass is 181 g/mol. The van der Waals surface area contributed by atoms with Crippen molar-refractivity contribution < 1.29 is 4.79 Å². The Morgan fingerprint density at radius 3 is 2.31 bits per heavy atom. The van der Waals surface area contributed by atoms with Crippen LogP contribution in [0.15, 0.2) is 0 Å². The van der Waals surface area contributed by atoms with Gasteiger partial charge in [-0.1, -0.05) is 13.8 Å². The van der Waals surface area contributed by atoms with E-state index in [1.54, 1.807) is 0 Å². The third kappa shape index (κ3) is 1.64. The Balaban J connectivity index is 2.04. The van der Waals surface area contributed by atoms with E-state index in [0.717, 1.165) is 6.54 Å².